The van der Waals surface area contributed by atoms with Crippen molar-refractivity contribution in [3.63, 3.8) is 0 Å². The Bertz CT molecular complexity index is 421. The molecule has 0 saturated heterocycles. The van der Waals surface area contributed by atoms with Gasteiger partial charge in [-0.05, 0) is 28.7 Å². The summed E-state index contributed by atoms with van der Waals surface area (Å²) >= 11 is 0. The van der Waals surface area contributed by atoms with Gasteiger partial charge in [-0.25, -0.2) is 0 Å². The lowest BCUT2D eigenvalue weighted by Gasteiger charge is -2.08. The molecule has 0 unspecified atom stereocenters. The van der Waals surface area contributed by atoms with Crippen molar-refractivity contribution in [2.45, 2.75) is 20.3 Å². The lowest BCUT2D eigenvalue weighted by Crippen LogP contribution is -1.94. The highest BCUT2D eigenvalue weighted by Crippen LogP contribution is 2.20. The van der Waals surface area contributed by atoms with E-state index in [0.717, 1.165) is 5.92 Å². The third-order valence-electron chi connectivity index (χ3n) is 2.51. The average Bonchev–Trinajstić information content (AvgIpc) is 2.18. The van der Waals surface area contributed by atoms with Crippen LogP contribution in [0, 0.1) is 5.92 Å². The van der Waals surface area contributed by atoms with E-state index >= 15 is 0 Å². The predicted octanol–water partition coefficient (Wildman–Crippen LogP) is 4.04. The molecule has 0 bridgehead atoms. The molecule has 2 aromatic rings. The first-order chi connectivity index (χ1) is 6.77. The van der Waals surface area contributed by atoms with Crippen LogP contribution >= 0.6 is 0 Å². The average molecular weight is 184 g/mol. The van der Waals surface area contributed by atoms with E-state index in [-0.39, 0.29) is 0 Å². The van der Waals surface area contributed by atoms with Crippen LogP contribution in [0.2, 0.25) is 0 Å². The van der Waals surface area contributed by atoms with Crippen molar-refractivity contribution in [1.82, 2.24) is 0 Å². The van der Waals surface area contributed by atoms with Crippen LogP contribution in [-0.4, -0.2) is 0 Å². The zero-order valence-corrected chi connectivity index (χ0v) is 8.83. The van der Waals surface area contributed by atoms with Crippen molar-refractivity contribution in [2.24, 2.45) is 5.92 Å². The zero-order valence-electron chi connectivity index (χ0n) is 8.83. The van der Waals surface area contributed by atoms with Gasteiger partial charge >= 0.3 is 0 Å². The number of hydrogen-bond acceptors (Lipinski definition) is 0. The van der Waals surface area contributed by atoms with Crippen LogP contribution in [0.15, 0.2) is 42.5 Å². The first kappa shape index (κ1) is 9.26. The van der Waals surface area contributed by atoms with Crippen LogP contribution < -0.4 is 0 Å². The second-order valence-electron chi connectivity index (χ2n) is 4.24. The summed E-state index contributed by atoms with van der Waals surface area (Å²) in [6.07, 6.45) is 1.17. The third-order valence-corrected chi connectivity index (χ3v) is 2.51. The summed E-state index contributed by atoms with van der Waals surface area (Å²) in [4.78, 5) is 0. The van der Waals surface area contributed by atoms with E-state index in [4.69, 9.17) is 0 Å². The molecule has 0 aliphatic carbocycles. The molecule has 2 aromatic carbocycles. The molecule has 0 aliphatic rings. The molecule has 0 aromatic heterocycles. The molecular weight excluding hydrogens is 168 g/mol. The van der Waals surface area contributed by atoms with Crippen LogP contribution in [0.1, 0.15) is 19.4 Å². The van der Waals surface area contributed by atoms with E-state index in [1.54, 1.807) is 0 Å². The van der Waals surface area contributed by atoms with Crippen molar-refractivity contribution < 1.29 is 0 Å². The summed E-state index contributed by atoms with van der Waals surface area (Å²) in [5.41, 5.74) is 1.47. The maximum Gasteiger partial charge on any atom is -0.0152 e. The van der Waals surface area contributed by atoms with Gasteiger partial charge in [0.25, 0.3) is 0 Å². The number of rotatable bonds is 2. The Morgan fingerprint density at radius 1 is 0.929 bits per heavy atom. The zero-order chi connectivity index (χ0) is 9.97. The highest BCUT2D eigenvalue weighted by molar-refractivity contribution is 5.85. The quantitative estimate of drug-likeness (QED) is 0.660. The Kier molecular flexibility index (Phi) is 2.53. The molecule has 2 rings (SSSR count). The summed E-state index contributed by atoms with van der Waals surface area (Å²) in [5, 5.41) is 2.76. The molecule has 0 N–H and O–H groups in total. The third kappa shape index (κ3) is 1.79. The minimum Gasteiger partial charge on any atom is -0.0625 e. The number of fused-ring (bicyclic) bond motifs is 1. The van der Waals surface area contributed by atoms with Crippen LogP contribution in [0.5, 0.6) is 0 Å². The fourth-order valence-electron chi connectivity index (χ4n) is 1.91. The second kappa shape index (κ2) is 3.83. The fraction of sp³-hybridized carbons (Fsp3) is 0.286. The second-order valence-corrected chi connectivity index (χ2v) is 4.24. The van der Waals surface area contributed by atoms with Gasteiger partial charge in [-0.3, -0.25) is 0 Å². The van der Waals surface area contributed by atoms with Crippen molar-refractivity contribution in [2.75, 3.05) is 0 Å². The Hall–Kier alpha value is -1.30. The van der Waals surface area contributed by atoms with Crippen molar-refractivity contribution in [3.05, 3.63) is 48.0 Å². The lowest BCUT2D eigenvalue weighted by atomic mass is 9.97. The van der Waals surface area contributed by atoms with Gasteiger partial charge in [0.2, 0.25) is 0 Å². The summed E-state index contributed by atoms with van der Waals surface area (Å²) in [6.45, 7) is 4.53. The molecule has 0 spiro atoms. The van der Waals surface area contributed by atoms with E-state index < -0.39 is 0 Å². The van der Waals surface area contributed by atoms with Gasteiger partial charge < -0.3 is 0 Å². The number of hydrogen-bond donors (Lipinski definition) is 0. The van der Waals surface area contributed by atoms with Gasteiger partial charge in [0.15, 0.2) is 0 Å². The number of benzene rings is 2. The first-order valence-corrected chi connectivity index (χ1v) is 5.24. The van der Waals surface area contributed by atoms with E-state index in [0.29, 0.717) is 0 Å². The monoisotopic (exact) mass is 184 g/mol. The topological polar surface area (TPSA) is 0 Å². The van der Waals surface area contributed by atoms with Gasteiger partial charge in [0, 0.05) is 0 Å². The maximum atomic E-state index is 2.27. The van der Waals surface area contributed by atoms with Crippen LogP contribution in [-0.2, 0) is 6.42 Å². The van der Waals surface area contributed by atoms with Crippen molar-refractivity contribution in [1.29, 1.82) is 0 Å². The van der Waals surface area contributed by atoms with Gasteiger partial charge in [0.05, 0.1) is 0 Å². The molecule has 0 saturated carbocycles. The molecule has 72 valence electrons. The normalized spacial score (nSPS) is 11.1. The minimum absolute atomic E-state index is 0.723. The van der Waals surface area contributed by atoms with Gasteiger partial charge in [-0.1, -0.05) is 56.3 Å². The molecule has 0 nitrogen and oxygen atoms in total. The Balaban J connectivity index is 2.53. The smallest absolute Gasteiger partial charge is 0.0152 e. The van der Waals surface area contributed by atoms with Crippen LogP contribution in [0.25, 0.3) is 10.8 Å². The maximum absolute atomic E-state index is 2.27. The van der Waals surface area contributed by atoms with E-state index in [1.165, 1.54) is 22.8 Å². The van der Waals surface area contributed by atoms with Crippen molar-refractivity contribution >= 4 is 10.8 Å². The first-order valence-electron chi connectivity index (χ1n) is 5.24. The summed E-state index contributed by atoms with van der Waals surface area (Å²) in [7, 11) is 0. The summed E-state index contributed by atoms with van der Waals surface area (Å²) < 4.78 is 0. The molecule has 14 heavy (non-hydrogen) atoms. The predicted molar refractivity (Wildman–Crippen MR) is 62.5 cm³/mol. The minimum atomic E-state index is 0.723. The molecule has 0 atom stereocenters. The van der Waals surface area contributed by atoms with Gasteiger partial charge in [0.1, 0.15) is 0 Å². The largest absolute Gasteiger partial charge is 0.0625 e. The Morgan fingerprint density at radius 3 is 2.43 bits per heavy atom. The Labute approximate surface area is 85.6 Å². The Morgan fingerprint density at radius 2 is 1.64 bits per heavy atom. The highest BCUT2D eigenvalue weighted by atomic mass is 14.1. The van der Waals surface area contributed by atoms with Gasteiger partial charge in [-0.2, -0.15) is 0 Å². The van der Waals surface area contributed by atoms with E-state index in [9.17, 15) is 0 Å². The summed E-state index contributed by atoms with van der Waals surface area (Å²) in [6, 6.07) is 15.2. The van der Waals surface area contributed by atoms with Crippen LogP contribution in [0.4, 0.5) is 0 Å². The van der Waals surface area contributed by atoms with Crippen molar-refractivity contribution in [3.8, 4) is 0 Å². The van der Waals surface area contributed by atoms with E-state index in [1.807, 2.05) is 0 Å². The molecular formula is C14H16. The highest BCUT2D eigenvalue weighted by Gasteiger charge is 2.01. The fourth-order valence-corrected chi connectivity index (χ4v) is 1.91. The van der Waals surface area contributed by atoms with E-state index in [2.05, 4.69) is 56.3 Å². The molecule has 0 aliphatic heterocycles. The summed E-state index contributed by atoms with van der Waals surface area (Å²) in [5.74, 6) is 0.723. The SMILES string of the molecule is CC(C)Cc1cccc2ccccc12. The molecule has 0 radical (unpaired) electrons. The molecule has 0 heteroatoms. The molecule has 0 heterocycles. The van der Waals surface area contributed by atoms with Crippen LogP contribution in [0.3, 0.4) is 0 Å². The van der Waals surface area contributed by atoms with Gasteiger partial charge in [-0.15, -0.1) is 0 Å². The lowest BCUT2D eigenvalue weighted by molar-refractivity contribution is 0.650. The standard InChI is InChI=1S/C14H16/c1-11(2)10-13-8-5-7-12-6-3-4-9-14(12)13/h3-9,11H,10H2,1-2H3. The molecule has 0 fully saturated rings. The molecule has 0 amide bonds.